The number of carboxylic acids is 1. The molecule has 1 heterocycles. The molecule has 7 heteroatoms. The molecule has 0 aliphatic heterocycles. The number of rotatable bonds is 5. The first-order valence-electron chi connectivity index (χ1n) is 5.43. The number of hydrogen-bond acceptors (Lipinski definition) is 4. The van der Waals surface area contributed by atoms with Crippen LogP contribution in [0.15, 0.2) is 36.9 Å². The highest BCUT2D eigenvalue weighted by Crippen LogP contribution is 2.13. The smallest absolute Gasteiger partial charge is 0.360 e. The van der Waals surface area contributed by atoms with Crippen LogP contribution in [0, 0.1) is 5.82 Å². The molecule has 0 aliphatic rings. The lowest BCUT2D eigenvalue weighted by Gasteiger charge is -1.98. The Balaban J connectivity index is 2.39. The van der Waals surface area contributed by atoms with E-state index in [2.05, 4.69) is 22.1 Å². The Labute approximate surface area is 108 Å². The fourth-order valence-electron chi connectivity index (χ4n) is 1.43. The summed E-state index contributed by atoms with van der Waals surface area (Å²) < 4.78 is 12.8. The fraction of sp³-hybridized carbons (Fsp3) is 0.0833. The normalized spacial score (nSPS) is 10.2. The van der Waals surface area contributed by atoms with Crippen LogP contribution in [0.2, 0.25) is 0 Å². The standard InChI is InChI=1S/C12H11FN4O2/c1-2-7-14-11-10(12(18)19)15-17(16-11)9-5-3-8(13)4-6-9/h2-6H,1,7H2,(H,14,16)(H,18,19). The number of anilines is 1. The van der Waals surface area contributed by atoms with E-state index in [9.17, 15) is 9.18 Å². The summed E-state index contributed by atoms with van der Waals surface area (Å²) in [5, 5.41) is 19.7. The number of nitrogens with zero attached hydrogens (tertiary/aromatic N) is 3. The number of aromatic nitrogens is 3. The Bertz CT molecular complexity index is 607. The molecule has 1 aromatic carbocycles. The predicted molar refractivity (Wildman–Crippen MR) is 67.0 cm³/mol. The van der Waals surface area contributed by atoms with Gasteiger partial charge in [0.1, 0.15) is 5.82 Å². The van der Waals surface area contributed by atoms with Crippen molar-refractivity contribution in [3.8, 4) is 5.69 Å². The first-order valence-corrected chi connectivity index (χ1v) is 5.43. The van der Waals surface area contributed by atoms with Crippen LogP contribution in [0.3, 0.4) is 0 Å². The van der Waals surface area contributed by atoms with Gasteiger partial charge >= 0.3 is 5.97 Å². The number of halogens is 1. The third-order valence-corrected chi connectivity index (χ3v) is 2.29. The molecular formula is C12H11FN4O2. The molecule has 19 heavy (non-hydrogen) atoms. The number of aromatic carboxylic acids is 1. The van der Waals surface area contributed by atoms with E-state index in [-0.39, 0.29) is 17.3 Å². The van der Waals surface area contributed by atoms with Crippen LogP contribution in [-0.4, -0.2) is 32.6 Å². The lowest BCUT2D eigenvalue weighted by molar-refractivity contribution is 0.0691. The Morgan fingerprint density at radius 2 is 2.11 bits per heavy atom. The summed E-state index contributed by atoms with van der Waals surface area (Å²) in [6.07, 6.45) is 1.57. The minimum Gasteiger partial charge on any atom is -0.476 e. The van der Waals surface area contributed by atoms with Crippen molar-refractivity contribution >= 4 is 11.8 Å². The van der Waals surface area contributed by atoms with E-state index in [1.807, 2.05) is 0 Å². The molecule has 0 atom stereocenters. The highest BCUT2D eigenvalue weighted by atomic mass is 19.1. The minimum absolute atomic E-state index is 0.136. The zero-order chi connectivity index (χ0) is 13.8. The van der Waals surface area contributed by atoms with Gasteiger partial charge in [0.05, 0.1) is 5.69 Å². The van der Waals surface area contributed by atoms with Crippen LogP contribution in [0.4, 0.5) is 10.2 Å². The van der Waals surface area contributed by atoms with Crippen LogP contribution in [0.25, 0.3) is 5.69 Å². The maximum atomic E-state index is 12.8. The number of carboxylic acid groups (broad SMARTS) is 1. The number of nitrogens with one attached hydrogen (secondary N) is 1. The summed E-state index contributed by atoms with van der Waals surface area (Å²) >= 11 is 0. The van der Waals surface area contributed by atoms with Crippen molar-refractivity contribution < 1.29 is 14.3 Å². The lowest BCUT2D eigenvalue weighted by Crippen LogP contribution is -2.05. The van der Waals surface area contributed by atoms with Crippen LogP contribution in [0.5, 0.6) is 0 Å². The van der Waals surface area contributed by atoms with Gasteiger partial charge in [-0.2, -0.15) is 0 Å². The zero-order valence-electron chi connectivity index (χ0n) is 9.88. The van der Waals surface area contributed by atoms with Gasteiger partial charge in [0.25, 0.3) is 0 Å². The molecule has 0 bridgehead atoms. The zero-order valence-corrected chi connectivity index (χ0v) is 9.88. The molecule has 2 aromatic rings. The molecule has 1 aromatic heterocycles. The van der Waals surface area contributed by atoms with Crippen molar-refractivity contribution in [2.24, 2.45) is 0 Å². The summed E-state index contributed by atoms with van der Waals surface area (Å²) in [5.74, 6) is -1.45. The third-order valence-electron chi connectivity index (χ3n) is 2.29. The molecule has 2 N–H and O–H groups in total. The van der Waals surface area contributed by atoms with E-state index >= 15 is 0 Å². The van der Waals surface area contributed by atoms with Crippen molar-refractivity contribution in [1.29, 1.82) is 0 Å². The van der Waals surface area contributed by atoms with Gasteiger partial charge in [-0.3, -0.25) is 0 Å². The molecule has 0 saturated heterocycles. The summed E-state index contributed by atoms with van der Waals surface area (Å²) in [4.78, 5) is 12.2. The maximum absolute atomic E-state index is 12.8. The topological polar surface area (TPSA) is 80.0 Å². The maximum Gasteiger partial charge on any atom is 0.360 e. The van der Waals surface area contributed by atoms with Gasteiger partial charge < -0.3 is 10.4 Å². The van der Waals surface area contributed by atoms with Gasteiger partial charge in [-0.25, -0.2) is 9.18 Å². The largest absolute Gasteiger partial charge is 0.476 e. The predicted octanol–water partition coefficient (Wildman–Crippen LogP) is 1.70. The summed E-state index contributed by atoms with van der Waals surface area (Å²) in [6, 6.07) is 5.41. The molecule has 0 unspecified atom stereocenters. The van der Waals surface area contributed by atoms with Gasteiger partial charge in [0.15, 0.2) is 5.82 Å². The lowest BCUT2D eigenvalue weighted by atomic mass is 10.3. The molecule has 6 nitrogen and oxygen atoms in total. The van der Waals surface area contributed by atoms with Gasteiger partial charge in [0, 0.05) is 6.54 Å². The van der Waals surface area contributed by atoms with Crippen molar-refractivity contribution in [2.75, 3.05) is 11.9 Å². The van der Waals surface area contributed by atoms with Gasteiger partial charge in [-0.05, 0) is 24.3 Å². The summed E-state index contributed by atoms with van der Waals surface area (Å²) in [5.41, 5.74) is 0.265. The molecule has 0 fully saturated rings. The first-order chi connectivity index (χ1) is 9.11. The molecule has 0 spiro atoms. The van der Waals surface area contributed by atoms with E-state index in [1.165, 1.54) is 24.3 Å². The second-order valence-corrected chi connectivity index (χ2v) is 3.64. The summed E-state index contributed by atoms with van der Waals surface area (Å²) in [7, 11) is 0. The number of hydrogen-bond donors (Lipinski definition) is 2. The van der Waals surface area contributed by atoms with Gasteiger partial charge in [0.2, 0.25) is 5.69 Å². The molecular weight excluding hydrogens is 251 g/mol. The molecule has 0 amide bonds. The molecule has 98 valence electrons. The van der Waals surface area contributed by atoms with E-state index in [0.717, 1.165) is 4.80 Å². The van der Waals surface area contributed by atoms with E-state index in [1.54, 1.807) is 6.08 Å². The number of benzene rings is 1. The second-order valence-electron chi connectivity index (χ2n) is 3.64. The molecule has 0 aliphatic carbocycles. The van der Waals surface area contributed by atoms with Crippen molar-refractivity contribution in [2.45, 2.75) is 0 Å². The highest BCUT2D eigenvalue weighted by Gasteiger charge is 2.17. The van der Waals surface area contributed by atoms with E-state index < -0.39 is 5.97 Å². The first kappa shape index (κ1) is 12.7. The fourth-order valence-corrected chi connectivity index (χ4v) is 1.43. The Morgan fingerprint density at radius 1 is 1.42 bits per heavy atom. The van der Waals surface area contributed by atoms with Crippen molar-refractivity contribution in [3.63, 3.8) is 0 Å². The highest BCUT2D eigenvalue weighted by molar-refractivity contribution is 5.90. The van der Waals surface area contributed by atoms with E-state index in [0.29, 0.717) is 12.2 Å². The number of carbonyl (C=O) groups is 1. The average Bonchev–Trinajstić information content (AvgIpc) is 2.81. The van der Waals surface area contributed by atoms with Crippen molar-refractivity contribution in [3.05, 3.63) is 48.4 Å². The Kier molecular flexibility index (Phi) is 3.56. The van der Waals surface area contributed by atoms with Gasteiger partial charge in [-0.15, -0.1) is 21.6 Å². The molecule has 0 radical (unpaired) electrons. The van der Waals surface area contributed by atoms with Gasteiger partial charge in [-0.1, -0.05) is 6.08 Å². The monoisotopic (exact) mass is 262 g/mol. The van der Waals surface area contributed by atoms with Crippen LogP contribution in [0.1, 0.15) is 10.5 Å². The third kappa shape index (κ3) is 2.76. The van der Waals surface area contributed by atoms with Crippen LogP contribution < -0.4 is 5.32 Å². The van der Waals surface area contributed by atoms with Crippen LogP contribution in [-0.2, 0) is 0 Å². The second kappa shape index (κ2) is 5.30. The summed E-state index contributed by atoms with van der Waals surface area (Å²) in [6.45, 7) is 3.88. The molecule has 2 rings (SSSR count). The minimum atomic E-state index is -1.19. The SMILES string of the molecule is C=CCNc1nn(-c2ccc(F)cc2)nc1C(=O)O. The average molecular weight is 262 g/mol. The Hall–Kier alpha value is -2.70. The molecule has 0 saturated carbocycles. The van der Waals surface area contributed by atoms with Crippen LogP contribution >= 0.6 is 0 Å². The van der Waals surface area contributed by atoms with E-state index in [4.69, 9.17) is 5.11 Å². The quantitative estimate of drug-likeness (QED) is 0.802. The van der Waals surface area contributed by atoms with Crippen molar-refractivity contribution in [1.82, 2.24) is 15.0 Å². The Morgan fingerprint density at radius 3 is 2.68 bits per heavy atom.